The van der Waals surface area contributed by atoms with Gasteiger partial charge in [-0.05, 0) is 5.56 Å². The Morgan fingerprint density at radius 1 is 1.25 bits per heavy atom. The van der Waals surface area contributed by atoms with Gasteiger partial charge in [-0.3, -0.25) is 0 Å². The average molecular weight is 233 g/mol. The third-order valence-electron chi connectivity index (χ3n) is 2.60. The van der Waals surface area contributed by atoms with E-state index in [9.17, 15) is 0 Å². The van der Waals surface area contributed by atoms with Crippen molar-refractivity contribution in [1.82, 2.24) is 9.36 Å². The van der Waals surface area contributed by atoms with Gasteiger partial charge in [-0.15, -0.1) is 0 Å². The smallest absolute Gasteiger partial charge is 0.202 e. The van der Waals surface area contributed by atoms with Gasteiger partial charge in [0.1, 0.15) is 6.33 Å². The second kappa shape index (κ2) is 4.61. The van der Waals surface area contributed by atoms with E-state index in [2.05, 4.69) is 52.8 Å². The minimum absolute atomic E-state index is 0.0902. The van der Waals surface area contributed by atoms with Crippen LogP contribution >= 0.6 is 11.5 Å². The van der Waals surface area contributed by atoms with Gasteiger partial charge in [0.05, 0.1) is 0 Å². The van der Waals surface area contributed by atoms with Crippen LogP contribution in [0.25, 0.3) is 0 Å². The van der Waals surface area contributed by atoms with Crippen LogP contribution in [0.3, 0.4) is 0 Å². The highest BCUT2D eigenvalue weighted by atomic mass is 32.1. The Morgan fingerprint density at radius 2 is 2.00 bits per heavy atom. The summed E-state index contributed by atoms with van der Waals surface area (Å²) in [6.07, 6.45) is 1.57. The van der Waals surface area contributed by atoms with Crippen LogP contribution in [-0.4, -0.2) is 15.9 Å². The first-order valence-corrected chi connectivity index (χ1v) is 6.02. The summed E-state index contributed by atoms with van der Waals surface area (Å²) in [5.74, 6) is 0. The predicted octanol–water partition coefficient (Wildman–Crippen LogP) is 2.93. The van der Waals surface area contributed by atoms with Crippen LogP contribution in [0.1, 0.15) is 19.4 Å². The highest BCUT2D eigenvalue weighted by Gasteiger charge is 2.20. The fourth-order valence-corrected chi connectivity index (χ4v) is 1.96. The Hall–Kier alpha value is -1.42. The van der Waals surface area contributed by atoms with Gasteiger partial charge in [0.15, 0.2) is 0 Å². The molecule has 1 heterocycles. The molecular formula is C12H15N3S. The van der Waals surface area contributed by atoms with Crippen molar-refractivity contribution < 1.29 is 0 Å². The molecular weight excluding hydrogens is 218 g/mol. The molecule has 0 aliphatic rings. The molecule has 84 valence electrons. The van der Waals surface area contributed by atoms with Gasteiger partial charge in [-0.1, -0.05) is 44.2 Å². The van der Waals surface area contributed by atoms with E-state index < -0.39 is 0 Å². The van der Waals surface area contributed by atoms with Gasteiger partial charge < -0.3 is 5.32 Å². The molecule has 0 aliphatic heterocycles. The van der Waals surface area contributed by atoms with Crippen molar-refractivity contribution in [3.63, 3.8) is 0 Å². The number of nitrogens with zero attached hydrogens (tertiary/aromatic N) is 2. The van der Waals surface area contributed by atoms with Crippen LogP contribution in [0.2, 0.25) is 0 Å². The normalized spacial score (nSPS) is 11.4. The molecule has 3 nitrogen and oxygen atoms in total. The van der Waals surface area contributed by atoms with Gasteiger partial charge >= 0.3 is 0 Å². The van der Waals surface area contributed by atoms with E-state index in [0.29, 0.717) is 0 Å². The lowest BCUT2D eigenvalue weighted by Gasteiger charge is -2.25. The molecule has 0 aliphatic carbocycles. The molecule has 1 N–H and O–H groups in total. The van der Waals surface area contributed by atoms with E-state index in [0.717, 1.165) is 11.7 Å². The second-order valence-electron chi connectivity index (χ2n) is 4.35. The summed E-state index contributed by atoms with van der Waals surface area (Å²) >= 11 is 1.39. The zero-order chi connectivity index (χ0) is 11.4. The van der Waals surface area contributed by atoms with Crippen molar-refractivity contribution in [1.29, 1.82) is 0 Å². The number of hydrogen-bond donors (Lipinski definition) is 1. The topological polar surface area (TPSA) is 37.8 Å². The molecule has 0 amide bonds. The molecule has 4 heteroatoms. The van der Waals surface area contributed by atoms with Crippen molar-refractivity contribution in [2.45, 2.75) is 19.3 Å². The van der Waals surface area contributed by atoms with Gasteiger partial charge in [-0.2, -0.15) is 4.37 Å². The monoisotopic (exact) mass is 233 g/mol. The van der Waals surface area contributed by atoms with Gasteiger partial charge in [0.2, 0.25) is 5.13 Å². The Kier molecular flexibility index (Phi) is 3.19. The molecule has 0 saturated heterocycles. The van der Waals surface area contributed by atoms with E-state index >= 15 is 0 Å². The molecule has 16 heavy (non-hydrogen) atoms. The van der Waals surface area contributed by atoms with Gasteiger partial charge in [0, 0.05) is 23.5 Å². The fourth-order valence-electron chi connectivity index (χ4n) is 1.54. The Labute approximate surface area is 99.7 Å². The molecule has 0 saturated carbocycles. The van der Waals surface area contributed by atoms with Crippen molar-refractivity contribution in [2.24, 2.45) is 0 Å². The van der Waals surface area contributed by atoms with Crippen molar-refractivity contribution in [2.75, 3.05) is 11.9 Å². The lowest BCUT2D eigenvalue weighted by molar-refractivity contribution is 0.557. The predicted molar refractivity (Wildman–Crippen MR) is 67.9 cm³/mol. The van der Waals surface area contributed by atoms with E-state index in [1.54, 1.807) is 6.33 Å². The lowest BCUT2D eigenvalue weighted by Crippen LogP contribution is -2.27. The molecule has 0 fully saturated rings. The molecule has 0 bridgehead atoms. The molecule has 2 aromatic rings. The van der Waals surface area contributed by atoms with Gasteiger partial charge in [0.25, 0.3) is 0 Å². The zero-order valence-electron chi connectivity index (χ0n) is 9.47. The molecule has 0 radical (unpaired) electrons. The largest absolute Gasteiger partial charge is 0.359 e. The van der Waals surface area contributed by atoms with Crippen molar-refractivity contribution in [3.05, 3.63) is 42.2 Å². The van der Waals surface area contributed by atoms with E-state index in [1.165, 1.54) is 17.1 Å². The standard InChI is InChI=1S/C12H15N3S/c1-12(2,10-6-4-3-5-7-10)8-13-11-14-9-15-16-11/h3-7,9H,8H2,1-2H3,(H,13,14,15). The maximum Gasteiger partial charge on any atom is 0.202 e. The summed E-state index contributed by atoms with van der Waals surface area (Å²) in [4.78, 5) is 4.11. The summed E-state index contributed by atoms with van der Waals surface area (Å²) in [6, 6.07) is 10.5. The molecule has 1 aromatic carbocycles. The van der Waals surface area contributed by atoms with Crippen LogP contribution in [0.15, 0.2) is 36.7 Å². The minimum atomic E-state index is 0.0902. The highest BCUT2D eigenvalue weighted by molar-refractivity contribution is 7.09. The van der Waals surface area contributed by atoms with Crippen LogP contribution in [0.4, 0.5) is 5.13 Å². The molecule has 1 aromatic heterocycles. The summed E-state index contributed by atoms with van der Waals surface area (Å²) in [7, 11) is 0. The Morgan fingerprint density at radius 3 is 2.62 bits per heavy atom. The SMILES string of the molecule is CC(C)(CNc1ncns1)c1ccccc1. The van der Waals surface area contributed by atoms with Crippen LogP contribution in [0, 0.1) is 0 Å². The third-order valence-corrected chi connectivity index (χ3v) is 3.22. The van der Waals surface area contributed by atoms with E-state index in [4.69, 9.17) is 0 Å². The lowest BCUT2D eigenvalue weighted by atomic mass is 9.85. The number of hydrogen-bond acceptors (Lipinski definition) is 4. The molecule has 2 rings (SSSR count). The van der Waals surface area contributed by atoms with Crippen molar-refractivity contribution >= 4 is 16.7 Å². The quantitative estimate of drug-likeness (QED) is 0.882. The summed E-state index contributed by atoms with van der Waals surface area (Å²) in [5, 5.41) is 4.19. The van der Waals surface area contributed by atoms with Gasteiger partial charge in [-0.25, -0.2) is 4.98 Å². The van der Waals surface area contributed by atoms with Crippen LogP contribution in [0.5, 0.6) is 0 Å². The number of benzene rings is 1. The Bertz CT molecular complexity index is 423. The first kappa shape index (κ1) is 11.1. The summed E-state index contributed by atoms with van der Waals surface area (Å²) in [6.45, 7) is 5.29. The highest BCUT2D eigenvalue weighted by Crippen LogP contribution is 2.23. The van der Waals surface area contributed by atoms with Crippen LogP contribution in [-0.2, 0) is 5.41 Å². The zero-order valence-corrected chi connectivity index (χ0v) is 10.3. The maximum atomic E-state index is 4.11. The summed E-state index contributed by atoms with van der Waals surface area (Å²) in [5.41, 5.74) is 1.42. The maximum absolute atomic E-state index is 4.11. The molecule has 0 unspecified atom stereocenters. The van der Waals surface area contributed by atoms with E-state index in [1.807, 2.05) is 6.07 Å². The second-order valence-corrected chi connectivity index (χ2v) is 5.13. The number of aromatic nitrogens is 2. The van der Waals surface area contributed by atoms with Crippen molar-refractivity contribution in [3.8, 4) is 0 Å². The number of nitrogens with one attached hydrogen (secondary N) is 1. The van der Waals surface area contributed by atoms with Crippen LogP contribution < -0.4 is 5.32 Å². The first-order chi connectivity index (χ1) is 7.68. The summed E-state index contributed by atoms with van der Waals surface area (Å²) < 4.78 is 3.96. The average Bonchev–Trinajstić information content (AvgIpc) is 2.81. The fraction of sp³-hybridized carbons (Fsp3) is 0.333. The first-order valence-electron chi connectivity index (χ1n) is 5.24. The number of anilines is 1. The van der Waals surface area contributed by atoms with E-state index in [-0.39, 0.29) is 5.41 Å². The third kappa shape index (κ3) is 2.58. The molecule has 0 spiro atoms. The number of rotatable bonds is 4. The Balaban J connectivity index is 2.03. The minimum Gasteiger partial charge on any atom is -0.359 e. The molecule has 0 atom stereocenters.